The number of nitrogens with two attached hydrogens (primary N) is 1. The average molecular weight is 198 g/mol. The zero-order valence-corrected chi connectivity index (χ0v) is 9.31. The van der Waals surface area contributed by atoms with Crippen molar-refractivity contribution < 1.29 is 4.79 Å². The van der Waals surface area contributed by atoms with Gasteiger partial charge >= 0.3 is 0 Å². The van der Waals surface area contributed by atoms with Crippen molar-refractivity contribution in [1.82, 2.24) is 5.32 Å². The summed E-state index contributed by atoms with van der Waals surface area (Å²) in [6, 6.07) is 0. The van der Waals surface area contributed by atoms with Crippen LogP contribution in [-0.2, 0) is 4.79 Å². The fourth-order valence-corrected chi connectivity index (χ4v) is 1.29. The third-order valence-corrected chi connectivity index (χ3v) is 3.08. The van der Waals surface area contributed by atoms with E-state index in [9.17, 15) is 4.79 Å². The topological polar surface area (TPSA) is 55.1 Å². The van der Waals surface area contributed by atoms with Gasteiger partial charge in [-0.2, -0.15) is 0 Å². The molecule has 0 saturated heterocycles. The van der Waals surface area contributed by atoms with Crippen LogP contribution in [0.25, 0.3) is 0 Å². The third kappa shape index (κ3) is 4.09. The van der Waals surface area contributed by atoms with Gasteiger partial charge in [0, 0.05) is 13.0 Å². The Morgan fingerprint density at radius 3 is 2.71 bits per heavy atom. The highest BCUT2D eigenvalue weighted by Crippen LogP contribution is 2.43. The molecule has 0 aliphatic heterocycles. The van der Waals surface area contributed by atoms with Crippen molar-refractivity contribution in [1.29, 1.82) is 0 Å². The molecule has 1 saturated carbocycles. The monoisotopic (exact) mass is 198 g/mol. The third-order valence-electron chi connectivity index (χ3n) is 3.08. The minimum absolute atomic E-state index is 0.179. The molecular formula is C11H22N2O. The highest BCUT2D eigenvalue weighted by Gasteiger charge is 2.37. The number of carbonyl (C=O) groups excluding carboxylic acids is 1. The summed E-state index contributed by atoms with van der Waals surface area (Å²) in [5.74, 6) is 0.635. The van der Waals surface area contributed by atoms with Crippen LogP contribution in [0.5, 0.6) is 0 Å². The summed E-state index contributed by atoms with van der Waals surface area (Å²) in [5, 5.41) is 2.98. The first-order valence-corrected chi connectivity index (χ1v) is 5.52. The van der Waals surface area contributed by atoms with E-state index < -0.39 is 0 Å². The molecule has 1 atom stereocenters. The fraction of sp³-hybridized carbons (Fsp3) is 0.909. The molecule has 1 aliphatic rings. The van der Waals surface area contributed by atoms with E-state index in [2.05, 4.69) is 19.2 Å². The van der Waals surface area contributed by atoms with Gasteiger partial charge in [0.2, 0.25) is 5.91 Å². The Morgan fingerprint density at radius 2 is 2.21 bits per heavy atom. The Bertz CT molecular complexity index is 199. The SMILES string of the molecule is CC(CN)CCC(=O)NCC1(C)CC1. The molecule has 1 aliphatic carbocycles. The van der Waals surface area contributed by atoms with Crippen LogP contribution in [0.1, 0.15) is 39.5 Å². The Morgan fingerprint density at radius 1 is 1.57 bits per heavy atom. The molecule has 0 bridgehead atoms. The van der Waals surface area contributed by atoms with E-state index >= 15 is 0 Å². The molecule has 0 radical (unpaired) electrons. The van der Waals surface area contributed by atoms with Gasteiger partial charge in [0.25, 0.3) is 0 Å². The molecule has 0 spiro atoms. The number of carbonyl (C=O) groups is 1. The minimum Gasteiger partial charge on any atom is -0.356 e. The molecule has 1 amide bonds. The smallest absolute Gasteiger partial charge is 0.220 e. The van der Waals surface area contributed by atoms with Gasteiger partial charge in [-0.05, 0) is 37.1 Å². The van der Waals surface area contributed by atoms with Crippen LogP contribution < -0.4 is 11.1 Å². The molecule has 0 aromatic heterocycles. The van der Waals surface area contributed by atoms with E-state index in [-0.39, 0.29) is 5.91 Å². The van der Waals surface area contributed by atoms with E-state index in [1.807, 2.05) is 0 Å². The molecule has 3 N–H and O–H groups in total. The zero-order valence-electron chi connectivity index (χ0n) is 9.31. The molecule has 0 heterocycles. The lowest BCUT2D eigenvalue weighted by Gasteiger charge is -2.11. The van der Waals surface area contributed by atoms with Crippen molar-refractivity contribution >= 4 is 5.91 Å². The first-order valence-electron chi connectivity index (χ1n) is 5.52. The Labute approximate surface area is 86.4 Å². The standard InChI is InChI=1S/C11H22N2O/c1-9(7-12)3-4-10(14)13-8-11(2)5-6-11/h9H,3-8,12H2,1-2H3,(H,13,14). The van der Waals surface area contributed by atoms with Crippen molar-refractivity contribution in [3.8, 4) is 0 Å². The van der Waals surface area contributed by atoms with Crippen molar-refractivity contribution in [2.75, 3.05) is 13.1 Å². The van der Waals surface area contributed by atoms with Crippen LogP contribution >= 0.6 is 0 Å². The molecular weight excluding hydrogens is 176 g/mol. The summed E-state index contributed by atoms with van der Waals surface area (Å²) in [7, 11) is 0. The summed E-state index contributed by atoms with van der Waals surface area (Å²) in [5.41, 5.74) is 5.89. The van der Waals surface area contributed by atoms with Gasteiger partial charge in [0.05, 0.1) is 0 Å². The van der Waals surface area contributed by atoms with Crippen LogP contribution in [0, 0.1) is 11.3 Å². The van der Waals surface area contributed by atoms with Gasteiger partial charge in [-0.25, -0.2) is 0 Å². The Balaban J connectivity index is 2.04. The minimum atomic E-state index is 0.179. The van der Waals surface area contributed by atoms with Crippen LogP contribution in [0.3, 0.4) is 0 Å². The molecule has 3 nitrogen and oxygen atoms in total. The van der Waals surface area contributed by atoms with Gasteiger partial charge in [-0.1, -0.05) is 13.8 Å². The van der Waals surface area contributed by atoms with E-state index in [0.29, 0.717) is 24.3 Å². The number of rotatable bonds is 6. The molecule has 0 aromatic carbocycles. The number of hydrogen-bond acceptors (Lipinski definition) is 2. The highest BCUT2D eigenvalue weighted by molar-refractivity contribution is 5.75. The molecule has 1 rings (SSSR count). The molecule has 1 unspecified atom stereocenters. The number of hydrogen-bond donors (Lipinski definition) is 2. The second kappa shape index (κ2) is 4.78. The van der Waals surface area contributed by atoms with Crippen molar-refractivity contribution in [3.05, 3.63) is 0 Å². The van der Waals surface area contributed by atoms with Gasteiger partial charge in [-0.15, -0.1) is 0 Å². The number of nitrogens with one attached hydrogen (secondary N) is 1. The summed E-state index contributed by atoms with van der Waals surface area (Å²) >= 11 is 0. The predicted octanol–water partition coefficient (Wildman–Crippen LogP) is 1.28. The first kappa shape index (κ1) is 11.5. The van der Waals surface area contributed by atoms with E-state index in [4.69, 9.17) is 5.73 Å². The quantitative estimate of drug-likeness (QED) is 0.675. The summed E-state index contributed by atoms with van der Waals surface area (Å²) in [4.78, 5) is 11.4. The summed E-state index contributed by atoms with van der Waals surface area (Å²) in [6.45, 7) is 5.82. The van der Waals surface area contributed by atoms with Gasteiger partial charge < -0.3 is 11.1 Å². The fourth-order valence-electron chi connectivity index (χ4n) is 1.29. The van der Waals surface area contributed by atoms with Crippen molar-refractivity contribution in [3.63, 3.8) is 0 Å². The highest BCUT2D eigenvalue weighted by atomic mass is 16.1. The zero-order chi connectivity index (χ0) is 10.6. The van der Waals surface area contributed by atoms with Crippen LogP contribution in [-0.4, -0.2) is 19.0 Å². The average Bonchev–Trinajstić information content (AvgIpc) is 2.90. The molecule has 0 aromatic rings. The molecule has 3 heteroatoms. The maximum atomic E-state index is 11.4. The van der Waals surface area contributed by atoms with Crippen LogP contribution in [0.15, 0.2) is 0 Å². The second-order valence-electron chi connectivity index (χ2n) is 4.97. The van der Waals surface area contributed by atoms with Crippen molar-refractivity contribution in [2.45, 2.75) is 39.5 Å². The lowest BCUT2D eigenvalue weighted by atomic mass is 10.1. The largest absolute Gasteiger partial charge is 0.356 e. The summed E-state index contributed by atoms with van der Waals surface area (Å²) in [6.07, 6.45) is 4.03. The number of amides is 1. The van der Waals surface area contributed by atoms with Crippen LogP contribution in [0.2, 0.25) is 0 Å². The van der Waals surface area contributed by atoms with Gasteiger partial charge in [-0.3, -0.25) is 4.79 Å². The Kier molecular flexibility index (Phi) is 3.93. The summed E-state index contributed by atoms with van der Waals surface area (Å²) < 4.78 is 0. The van der Waals surface area contributed by atoms with E-state index in [0.717, 1.165) is 13.0 Å². The van der Waals surface area contributed by atoms with E-state index in [1.165, 1.54) is 12.8 Å². The normalized spacial score (nSPS) is 20.2. The maximum Gasteiger partial charge on any atom is 0.220 e. The van der Waals surface area contributed by atoms with Gasteiger partial charge in [0.15, 0.2) is 0 Å². The second-order valence-corrected chi connectivity index (χ2v) is 4.97. The maximum absolute atomic E-state index is 11.4. The molecule has 1 fully saturated rings. The Hall–Kier alpha value is -0.570. The molecule has 82 valence electrons. The van der Waals surface area contributed by atoms with Crippen LogP contribution in [0.4, 0.5) is 0 Å². The van der Waals surface area contributed by atoms with Crippen molar-refractivity contribution in [2.24, 2.45) is 17.1 Å². The van der Waals surface area contributed by atoms with E-state index in [1.54, 1.807) is 0 Å². The first-order chi connectivity index (χ1) is 6.56. The lowest BCUT2D eigenvalue weighted by molar-refractivity contribution is -0.121. The van der Waals surface area contributed by atoms with Gasteiger partial charge in [0.1, 0.15) is 0 Å². The lowest BCUT2D eigenvalue weighted by Crippen LogP contribution is -2.29. The predicted molar refractivity (Wildman–Crippen MR) is 57.8 cm³/mol. The molecule has 14 heavy (non-hydrogen) atoms.